The van der Waals surface area contributed by atoms with Crippen LogP contribution in [0, 0.1) is 5.82 Å². The monoisotopic (exact) mass is 436 g/mol. The molecule has 0 saturated carbocycles. The second kappa shape index (κ2) is 8.70. The van der Waals surface area contributed by atoms with Crippen molar-refractivity contribution >= 4 is 43.2 Å². The molecule has 152 valence electrons. The molecule has 2 aromatic carbocycles. The van der Waals surface area contributed by atoms with Crippen LogP contribution in [-0.4, -0.2) is 29.8 Å². The van der Waals surface area contributed by atoms with Crippen molar-refractivity contribution in [1.29, 1.82) is 0 Å². The fraction of sp³-hybridized carbons (Fsp3) is 0.105. The van der Waals surface area contributed by atoms with E-state index in [2.05, 4.69) is 5.14 Å². The number of nitrogens with two attached hydrogens (primary N) is 1. The zero-order valence-corrected chi connectivity index (χ0v) is 16.6. The maximum absolute atomic E-state index is 14.4. The first-order chi connectivity index (χ1) is 13.9. The van der Waals surface area contributed by atoms with Crippen molar-refractivity contribution in [2.45, 2.75) is 6.54 Å². The van der Waals surface area contributed by atoms with Gasteiger partial charge < -0.3 is 14.8 Å². The minimum atomic E-state index is -2.62. The molecule has 0 fully saturated rings. The molecule has 0 aliphatic carbocycles. The quantitative estimate of drug-likeness (QED) is 0.367. The predicted octanol–water partition coefficient (Wildman–Crippen LogP) is 2.19. The van der Waals surface area contributed by atoms with Crippen molar-refractivity contribution in [2.24, 2.45) is 5.14 Å². The number of rotatable bonds is 3. The fourth-order valence-corrected chi connectivity index (χ4v) is 4.07. The third kappa shape index (κ3) is 4.01. The van der Waals surface area contributed by atoms with Gasteiger partial charge in [0.25, 0.3) is 5.56 Å². The summed E-state index contributed by atoms with van der Waals surface area (Å²) in [5.74, 6) is -1.24. The van der Waals surface area contributed by atoms with Crippen molar-refractivity contribution in [1.82, 2.24) is 4.57 Å². The van der Waals surface area contributed by atoms with E-state index in [1.807, 2.05) is 6.07 Å². The zero-order valence-electron chi connectivity index (χ0n) is 14.9. The molecule has 0 aliphatic heterocycles. The van der Waals surface area contributed by atoms with Crippen LogP contribution in [0.2, 0.25) is 0 Å². The third-order valence-electron chi connectivity index (χ3n) is 4.28. The van der Waals surface area contributed by atoms with E-state index >= 15 is 0 Å². The van der Waals surface area contributed by atoms with Crippen LogP contribution in [0.3, 0.4) is 0 Å². The smallest absolute Gasteiger partial charge is 0.269 e. The number of halogens is 1. The highest BCUT2D eigenvalue weighted by molar-refractivity contribution is 7.69. The number of hydrogen-bond donors (Lipinski definition) is 4. The Kier molecular flexibility index (Phi) is 6.28. The van der Waals surface area contributed by atoms with Crippen LogP contribution < -0.4 is 10.7 Å². The van der Waals surface area contributed by atoms with E-state index in [-0.39, 0.29) is 18.7 Å². The van der Waals surface area contributed by atoms with Crippen molar-refractivity contribution in [3.05, 3.63) is 64.0 Å². The van der Waals surface area contributed by atoms with Crippen LogP contribution in [-0.2, 0) is 17.4 Å². The maximum Gasteiger partial charge on any atom is 0.269 e. The number of phenolic OH excluding ortho intramolecular Hbond substituents is 1. The van der Waals surface area contributed by atoms with Gasteiger partial charge in [-0.05, 0) is 17.0 Å². The van der Waals surface area contributed by atoms with Crippen LogP contribution in [0.5, 0.6) is 5.75 Å². The molecule has 2 aromatic heterocycles. The first kappa shape index (κ1) is 20.9. The summed E-state index contributed by atoms with van der Waals surface area (Å²) in [4.78, 5) is 12.7. The number of nitrogens with zero attached hydrogens (tertiary/aromatic N) is 1. The Labute approximate surface area is 170 Å². The summed E-state index contributed by atoms with van der Waals surface area (Å²) in [5, 5.41) is 26.9. The fourth-order valence-electron chi connectivity index (χ4n) is 3.22. The summed E-state index contributed by atoms with van der Waals surface area (Å²) in [6.07, 6.45) is 0. The number of aromatic hydroxyl groups is 1. The van der Waals surface area contributed by atoms with Gasteiger partial charge >= 0.3 is 0 Å². The topological polar surface area (TPSA) is 123 Å². The number of aromatic nitrogens is 1. The Hall–Kier alpha value is -2.79. The van der Waals surface area contributed by atoms with E-state index in [9.17, 15) is 19.4 Å². The highest BCUT2D eigenvalue weighted by Gasteiger charge is 2.21. The molecule has 0 spiro atoms. The molecule has 4 aromatic rings. The normalized spacial score (nSPS) is 11.0. The SMILES string of the molecule is N[SH](=O)=O.O=c1c2sccc2c2c(-c3ccccc3)c(O)c(F)cc2n1CCO. The summed E-state index contributed by atoms with van der Waals surface area (Å²) in [7, 11) is -2.62. The number of hydrogen-bond acceptors (Lipinski definition) is 6. The number of pyridine rings is 1. The average Bonchev–Trinajstić information content (AvgIpc) is 3.17. The second-order valence-electron chi connectivity index (χ2n) is 5.97. The lowest BCUT2D eigenvalue weighted by atomic mass is 9.97. The summed E-state index contributed by atoms with van der Waals surface area (Å²) < 4.78 is 34.0. The molecule has 7 nitrogen and oxygen atoms in total. The van der Waals surface area contributed by atoms with Crippen molar-refractivity contribution in [3.63, 3.8) is 0 Å². The van der Waals surface area contributed by atoms with Gasteiger partial charge in [-0.1, -0.05) is 30.3 Å². The van der Waals surface area contributed by atoms with E-state index in [0.717, 1.165) is 6.07 Å². The van der Waals surface area contributed by atoms with Crippen LogP contribution >= 0.6 is 11.3 Å². The molecule has 0 amide bonds. The molecule has 0 aliphatic rings. The van der Waals surface area contributed by atoms with E-state index in [1.54, 1.807) is 35.7 Å². The van der Waals surface area contributed by atoms with Gasteiger partial charge in [0, 0.05) is 28.9 Å². The number of fused-ring (bicyclic) bond motifs is 3. The lowest BCUT2D eigenvalue weighted by Gasteiger charge is -2.16. The van der Waals surface area contributed by atoms with Gasteiger partial charge in [0.15, 0.2) is 22.5 Å². The van der Waals surface area contributed by atoms with Crippen LogP contribution in [0.25, 0.3) is 32.1 Å². The summed E-state index contributed by atoms with van der Waals surface area (Å²) in [6.45, 7) is -0.184. The van der Waals surface area contributed by atoms with Crippen molar-refractivity contribution < 1.29 is 23.0 Å². The van der Waals surface area contributed by atoms with Crippen LogP contribution in [0.15, 0.2) is 52.6 Å². The maximum atomic E-state index is 14.4. The highest BCUT2D eigenvalue weighted by atomic mass is 32.2. The molecule has 4 N–H and O–H groups in total. The molecule has 0 atom stereocenters. The third-order valence-corrected chi connectivity index (χ3v) is 5.19. The Morgan fingerprint density at radius 2 is 1.83 bits per heavy atom. The highest BCUT2D eigenvalue weighted by Crippen LogP contribution is 2.41. The molecule has 0 unspecified atom stereocenters. The van der Waals surface area contributed by atoms with Gasteiger partial charge in [-0.15, -0.1) is 11.3 Å². The van der Waals surface area contributed by atoms with E-state index in [4.69, 9.17) is 8.42 Å². The largest absolute Gasteiger partial charge is 0.504 e. The number of phenols is 1. The van der Waals surface area contributed by atoms with Crippen molar-refractivity contribution in [3.8, 4) is 16.9 Å². The molecule has 0 saturated heterocycles. The number of aliphatic hydroxyl groups excluding tert-OH is 1. The first-order valence-electron chi connectivity index (χ1n) is 8.37. The minimum Gasteiger partial charge on any atom is -0.504 e. The molecule has 0 bridgehead atoms. The van der Waals surface area contributed by atoms with Gasteiger partial charge in [-0.2, -0.15) is 0 Å². The molecule has 10 heteroatoms. The standard InChI is InChI=1S/C19H14FNO3S.H3NO2S/c20-13-10-14-16(15(17(13)23)11-4-2-1-3-5-11)12-6-9-25-18(12)19(24)21(14)7-8-22;1-4(2)3/h1-6,9-10,22-23H,7-8H2;4H,(H2,1,2,3). The molecular weight excluding hydrogens is 419 g/mol. The molecule has 2 heterocycles. The molecular formula is C19H17FN2O5S2. The number of benzene rings is 2. The van der Waals surface area contributed by atoms with E-state index in [1.165, 1.54) is 15.9 Å². The van der Waals surface area contributed by atoms with Crippen LogP contribution in [0.1, 0.15) is 0 Å². The van der Waals surface area contributed by atoms with Crippen LogP contribution in [0.4, 0.5) is 4.39 Å². The minimum absolute atomic E-state index is 0.0572. The Morgan fingerprint density at radius 3 is 2.45 bits per heavy atom. The van der Waals surface area contributed by atoms with Gasteiger partial charge in [-0.25, -0.2) is 17.9 Å². The second-order valence-corrected chi connectivity index (χ2v) is 7.46. The molecule has 4 rings (SSSR count). The zero-order chi connectivity index (χ0) is 21.1. The van der Waals surface area contributed by atoms with E-state index in [0.29, 0.717) is 32.1 Å². The molecule has 29 heavy (non-hydrogen) atoms. The van der Waals surface area contributed by atoms with Gasteiger partial charge in [0.05, 0.1) is 12.1 Å². The molecule has 0 radical (unpaired) electrons. The Bertz CT molecular complexity index is 1310. The van der Waals surface area contributed by atoms with E-state index < -0.39 is 22.5 Å². The summed E-state index contributed by atoms with van der Waals surface area (Å²) >= 11 is 1.29. The first-order valence-corrected chi connectivity index (χ1v) is 10.5. The lowest BCUT2D eigenvalue weighted by molar-refractivity contribution is 0.276. The van der Waals surface area contributed by atoms with Gasteiger partial charge in [0.2, 0.25) is 0 Å². The van der Waals surface area contributed by atoms with Gasteiger partial charge in [0.1, 0.15) is 4.70 Å². The summed E-state index contributed by atoms with van der Waals surface area (Å²) in [5.41, 5.74) is 1.10. The lowest BCUT2D eigenvalue weighted by Crippen LogP contribution is -2.22. The Morgan fingerprint density at radius 1 is 1.17 bits per heavy atom. The Balaban J connectivity index is 0.000000552. The summed E-state index contributed by atoms with van der Waals surface area (Å²) in [6, 6.07) is 12.0. The average molecular weight is 436 g/mol. The number of thiophene rings is 1. The van der Waals surface area contributed by atoms with Gasteiger partial charge in [-0.3, -0.25) is 4.79 Å². The predicted molar refractivity (Wildman–Crippen MR) is 112 cm³/mol. The number of aliphatic hydroxyl groups is 1. The number of thiol groups is 1. The van der Waals surface area contributed by atoms with Crippen molar-refractivity contribution in [2.75, 3.05) is 6.61 Å².